The van der Waals surface area contributed by atoms with Crippen molar-refractivity contribution in [2.75, 3.05) is 13.2 Å². The number of allylic oxidation sites excluding steroid dienone is 1. The second kappa shape index (κ2) is 7.61. The normalized spacial score (nSPS) is 42.5. The van der Waals surface area contributed by atoms with Crippen LogP contribution in [0.4, 0.5) is 0 Å². The van der Waals surface area contributed by atoms with E-state index >= 15 is 0 Å². The number of ether oxygens (including phenoxy) is 3. The molecule has 8 atom stereocenters. The van der Waals surface area contributed by atoms with Crippen LogP contribution in [0.2, 0.25) is 0 Å². The average molecular weight is 374 g/mol. The van der Waals surface area contributed by atoms with Gasteiger partial charge in [0.1, 0.15) is 24.4 Å². The molecule has 1 saturated heterocycles. The molecule has 0 radical (unpaired) electrons. The summed E-state index contributed by atoms with van der Waals surface area (Å²) in [5, 5.41) is 57.8. The summed E-state index contributed by atoms with van der Waals surface area (Å²) in [6, 6.07) is 0. The van der Waals surface area contributed by atoms with E-state index < -0.39 is 61.4 Å². The van der Waals surface area contributed by atoms with Crippen molar-refractivity contribution in [1.29, 1.82) is 0 Å². The third-order valence-corrected chi connectivity index (χ3v) is 5.06. The van der Waals surface area contributed by atoms with Crippen molar-refractivity contribution < 1.29 is 49.6 Å². The number of carbonyl (C=O) groups is 1. The van der Waals surface area contributed by atoms with E-state index in [1.165, 1.54) is 0 Å². The van der Waals surface area contributed by atoms with Crippen LogP contribution in [0.3, 0.4) is 0 Å². The molecule has 0 aromatic heterocycles. The molecule has 0 saturated carbocycles. The highest BCUT2D eigenvalue weighted by atomic mass is 16.8. The Balaban J connectivity index is 1.80. The summed E-state index contributed by atoms with van der Waals surface area (Å²) in [6.07, 6.45) is -5.21. The Morgan fingerprint density at radius 3 is 2.50 bits per heavy atom. The Morgan fingerprint density at radius 2 is 1.88 bits per heavy atom. The molecule has 10 nitrogen and oxygen atoms in total. The van der Waals surface area contributed by atoms with E-state index in [1.54, 1.807) is 6.08 Å². The van der Waals surface area contributed by atoms with Crippen molar-refractivity contribution in [3.05, 3.63) is 23.5 Å². The summed E-state index contributed by atoms with van der Waals surface area (Å²) in [6.45, 7) is -0.917. The zero-order chi connectivity index (χ0) is 19.0. The predicted octanol–water partition coefficient (Wildman–Crippen LogP) is -2.32. The van der Waals surface area contributed by atoms with E-state index in [1.807, 2.05) is 0 Å². The maximum atomic E-state index is 11.4. The Kier molecular flexibility index (Phi) is 5.63. The fourth-order valence-corrected chi connectivity index (χ4v) is 3.62. The van der Waals surface area contributed by atoms with Crippen LogP contribution in [-0.2, 0) is 19.0 Å². The molecule has 0 bridgehead atoms. The van der Waals surface area contributed by atoms with Gasteiger partial charge in [0.15, 0.2) is 6.29 Å². The highest BCUT2D eigenvalue weighted by Gasteiger charge is 2.49. The third-order valence-electron chi connectivity index (χ3n) is 5.06. The molecule has 3 aliphatic rings. The van der Waals surface area contributed by atoms with E-state index in [2.05, 4.69) is 0 Å². The van der Waals surface area contributed by atoms with Gasteiger partial charge in [-0.25, -0.2) is 4.79 Å². The van der Waals surface area contributed by atoms with Crippen molar-refractivity contribution in [3.8, 4) is 0 Å². The maximum Gasteiger partial charge on any atom is 0.335 e. The minimum Gasteiger partial charge on any atom is -0.478 e. The van der Waals surface area contributed by atoms with Crippen LogP contribution >= 0.6 is 0 Å². The molecule has 1 fully saturated rings. The summed E-state index contributed by atoms with van der Waals surface area (Å²) in [5.74, 6) is -2.22. The van der Waals surface area contributed by atoms with Crippen LogP contribution in [-0.4, -0.2) is 86.8 Å². The number of carboxylic acids is 1. The second-order valence-electron chi connectivity index (χ2n) is 6.52. The maximum absolute atomic E-state index is 11.4. The molecule has 0 aromatic carbocycles. The van der Waals surface area contributed by atoms with Crippen molar-refractivity contribution in [2.24, 2.45) is 11.8 Å². The first-order chi connectivity index (χ1) is 12.4. The summed E-state index contributed by atoms with van der Waals surface area (Å²) >= 11 is 0. The van der Waals surface area contributed by atoms with Crippen molar-refractivity contribution >= 4 is 5.97 Å². The Hall–Kier alpha value is -1.53. The van der Waals surface area contributed by atoms with Crippen LogP contribution in [0.5, 0.6) is 0 Å². The lowest BCUT2D eigenvalue weighted by Gasteiger charge is -2.42. The molecule has 1 aliphatic carbocycles. The van der Waals surface area contributed by atoms with Gasteiger partial charge >= 0.3 is 5.97 Å². The van der Waals surface area contributed by atoms with Crippen LogP contribution in [0.25, 0.3) is 0 Å². The first-order valence-corrected chi connectivity index (χ1v) is 8.23. The summed E-state index contributed by atoms with van der Waals surface area (Å²) in [5.41, 5.74) is 0.583. The molecular weight excluding hydrogens is 352 g/mol. The SMILES string of the molecule is O=C(O)C1=CO[C@@H](O[C@@H]2O[C@H](CO)[C@@H](O)[C@H](O)[C@H]2O)[C@H]2C(CO)=CC[C@@H]12. The van der Waals surface area contributed by atoms with E-state index in [9.17, 15) is 35.4 Å². The summed E-state index contributed by atoms with van der Waals surface area (Å²) in [4.78, 5) is 11.4. The number of aliphatic hydroxyl groups is 5. The number of hydrogen-bond acceptors (Lipinski definition) is 9. The van der Waals surface area contributed by atoms with Gasteiger partial charge in [-0.2, -0.15) is 0 Å². The first-order valence-electron chi connectivity index (χ1n) is 8.23. The predicted molar refractivity (Wildman–Crippen MR) is 82.2 cm³/mol. The molecule has 26 heavy (non-hydrogen) atoms. The van der Waals surface area contributed by atoms with Gasteiger partial charge in [-0.1, -0.05) is 6.08 Å². The second-order valence-corrected chi connectivity index (χ2v) is 6.52. The molecule has 10 heteroatoms. The van der Waals surface area contributed by atoms with E-state index in [-0.39, 0.29) is 12.2 Å². The number of aliphatic carboxylic acids is 1. The van der Waals surface area contributed by atoms with E-state index in [0.29, 0.717) is 12.0 Å². The standard InChI is InChI=1S/C16H22O10/c17-3-6-1-2-7-8(14(22)23)5-24-15(10(6)7)26-16-13(21)12(20)11(19)9(4-18)25-16/h1,5,7,9-13,15-21H,2-4H2,(H,22,23)/t7-,9+,10-,11+,12-,13+,15-,16-/m0/s1. The zero-order valence-electron chi connectivity index (χ0n) is 13.7. The summed E-state index contributed by atoms with van der Waals surface area (Å²) in [7, 11) is 0. The molecule has 6 N–H and O–H groups in total. The quantitative estimate of drug-likeness (QED) is 0.288. The van der Waals surface area contributed by atoms with Crippen LogP contribution in [0, 0.1) is 11.8 Å². The highest BCUT2D eigenvalue weighted by molar-refractivity contribution is 5.87. The fourth-order valence-electron chi connectivity index (χ4n) is 3.62. The van der Waals surface area contributed by atoms with Gasteiger partial charge in [0.25, 0.3) is 0 Å². The molecule has 0 spiro atoms. The molecule has 0 unspecified atom stereocenters. The van der Waals surface area contributed by atoms with Gasteiger partial charge < -0.3 is 44.8 Å². The molecule has 146 valence electrons. The number of fused-ring (bicyclic) bond motifs is 1. The zero-order valence-corrected chi connectivity index (χ0v) is 13.7. The monoisotopic (exact) mass is 374 g/mol. The van der Waals surface area contributed by atoms with Gasteiger partial charge in [0, 0.05) is 5.92 Å². The van der Waals surface area contributed by atoms with Gasteiger partial charge in [-0.15, -0.1) is 0 Å². The number of rotatable bonds is 5. The molecule has 2 aliphatic heterocycles. The van der Waals surface area contributed by atoms with Gasteiger partial charge in [0.2, 0.25) is 6.29 Å². The number of carboxylic acid groups (broad SMARTS) is 1. The van der Waals surface area contributed by atoms with Crippen LogP contribution in [0.15, 0.2) is 23.5 Å². The lowest BCUT2D eigenvalue weighted by Crippen LogP contribution is -2.60. The van der Waals surface area contributed by atoms with Crippen molar-refractivity contribution in [2.45, 2.75) is 43.4 Å². The van der Waals surface area contributed by atoms with E-state index in [4.69, 9.17) is 14.2 Å². The van der Waals surface area contributed by atoms with Gasteiger partial charge in [0.05, 0.1) is 31.0 Å². The van der Waals surface area contributed by atoms with Crippen LogP contribution < -0.4 is 0 Å². The lowest BCUT2D eigenvalue weighted by atomic mass is 9.83. The van der Waals surface area contributed by atoms with E-state index in [0.717, 1.165) is 6.26 Å². The van der Waals surface area contributed by atoms with Gasteiger partial charge in [-0.05, 0) is 12.0 Å². The Bertz CT molecular complexity index is 600. The average Bonchev–Trinajstić information content (AvgIpc) is 3.06. The Labute approximate surface area is 148 Å². The molecule has 0 aromatic rings. The molecule has 0 amide bonds. The summed E-state index contributed by atoms with van der Waals surface area (Å²) < 4.78 is 16.3. The minimum atomic E-state index is -1.61. The third kappa shape index (κ3) is 3.25. The minimum absolute atomic E-state index is 0.0448. The number of aliphatic hydroxyl groups excluding tert-OH is 5. The van der Waals surface area contributed by atoms with Gasteiger partial charge in [-0.3, -0.25) is 0 Å². The Morgan fingerprint density at radius 1 is 1.15 bits per heavy atom. The smallest absolute Gasteiger partial charge is 0.335 e. The topological polar surface area (TPSA) is 166 Å². The highest BCUT2D eigenvalue weighted by Crippen LogP contribution is 2.44. The molecule has 3 rings (SSSR count). The largest absolute Gasteiger partial charge is 0.478 e. The van der Waals surface area contributed by atoms with Crippen molar-refractivity contribution in [3.63, 3.8) is 0 Å². The molecule has 2 heterocycles. The first kappa shape index (κ1) is 19.2. The number of hydrogen-bond donors (Lipinski definition) is 6. The van der Waals surface area contributed by atoms with Crippen molar-refractivity contribution in [1.82, 2.24) is 0 Å². The lowest BCUT2D eigenvalue weighted by molar-refractivity contribution is -0.339. The fraction of sp³-hybridized carbons (Fsp3) is 0.688. The van der Waals surface area contributed by atoms with Crippen LogP contribution in [0.1, 0.15) is 6.42 Å². The molecular formula is C16H22O10.